The maximum Gasteiger partial charge on any atom is 0.257 e. The van der Waals surface area contributed by atoms with E-state index >= 15 is 0 Å². The number of morpholine rings is 1. The standard InChI is InChI=1S/C21H23N5O3/c1-15(6-7-18(27)19-24-16-4-2-3-5-17(16)25-19)14-29-21-20(22-8-9-23-21)26-10-12-28-13-11-26/h2-6,8-9H,7,10-14H2,1H3,(H,24,25). The van der Waals surface area contributed by atoms with Crippen LogP contribution < -0.4 is 9.64 Å². The maximum absolute atomic E-state index is 12.4. The van der Waals surface area contributed by atoms with Gasteiger partial charge in [0.05, 0.1) is 24.2 Å². The second-order valence-corrected chi connectivity index (χ2v) is 6.85. The van der Waals surface area contributed by atoms with Crippen LogP contribution in [0.3, 0.4) is 0 Å². The van der Waals surface area contributed by atoms with Crippen LogP contribution >= 0.6 is 0 Å². The van der Waals surface area contributed by atoms with E-state index in [2.05, 4.69) is 24.8 Å². The number of aromatic amines is 1. The number of anilines is 1. The molecule has 1 saturated heterocycles. The van der Waals surface area contributed by atoms with E-state index in [0.717, 1.165) is 35.5 Å². The highest BCUT2D eigenvalue weighted by Crippen LogP contribution is 2.23. The number of nitrogens with zero attached hydrogens (tertiary/aromatic N) is 4. The number of Topliss-reactive ketones (excluding diaryl/α,β-unsaturated/α-hetero) is 1. The van der Waals surface area contributed by atoms with E-state index in [0.29, 0.717) is 31.5 Å². The van der Waals surface area contributed by atoms with Crippen LogP contribution in [-0.2, 0) is 4.74 Å². The minimum atomic E-state index is -0.0611. The molecule has 1 N–H and O–H groups in total. The number of hydrogen-bond donors (Lipinski definition) is 1. The Morgan fingerprint density at radius 3 is 2.86 bits per heavy atom. The zero-order valence-corrected chi connectivity index (χ0v) is 16.3. The number of ether oxygens (including phenoxy) is 2. The summed E-state index contributed by atoms with van der Waals surface area (Å²) in [6, 6.07) is 7.59. The molecule has 8 heteroatoms. The molecule has 1 fully saturated rings. The molecular weight excluding hydrogens is 370 g/mol. The molecule has 0 unspecified atom stereocenters. The lowest BCUT2D eigenvalue weighted by Gasteiger charge is -2.28. The van der Waals surface area contributed by atoms with Crippen LogP contribution in [0.15, 0.2) is 48.3 Å². The number of aromatic nitrogens is 4. The van der Waals surface area contributed by atoms with E-state index in [1.807, 2.05) is 37.3 Å². The smallest absolute Gasteiger partial charge is 0.257 e. The van der Waals surface area contributed by atoms with Gasteiger partial charge in [-0.1, -0.05) is 18.2 Å². The Hall–Kier alpha value is -3.26. The van der Waals surface area contributed by atoms with Crippen LogP contribution in [0.25, 0.3) is 11.0 Å². The van der Waals surface area contributed by atoms with E-state index < -0.39 is 0 Å². The third-order valence-electron chi connectivity index (χ3n) is 4.68. The lowest BCUT2D eigenvalue weighted by molar-refractivity contribution is 0.0987. The monoisotopic (exact) mass is 393 g/mol. The highest BCUT2D eigenvalue weighted by atomic mass is 16.5. The van der Waals surface area contributed by atoms with Crippen LogP contribution in [0.2, 0.25) is 0 Å². The number of carbonyl (C=O) groups excluding carboxylic acids is 1. The van der Waals surface area contributed by atoms with Crippen LogP contribution in [-0.4, -0.2) is 58.6 Å². The Balaban J connectivity index is 1.36. The highest BCUT2D eigenvalue weighted by molar-refractivity contribution is 5.96. The fraction of sp³-hybridized carbons (Fsp3) is 0.333. The topological polar surface area (TPSA) is 93.2 Å². The predicted molar refractivity (Wildman–Crippen MR) is 109 cm³/mol. The first kappa shape index (κ1) is 19.1. The molecule has 0 bridgehead atoms. The van der Waals surface area contributed by atoms with Gasteiger partial charge in [0, 0.05) is 31.9 Å². The van der Waals surface area contributed by atoms with E-state index in [1.54, 1.807) is 12.4 Å². The number of carbonyl (C=O) groups is 1. The quantitative estimate of drug-likeness (QED) is 0.487. The largest absolute Gasteiger partial charge is 0.471 e. The van der Waals surface area contributed by atoms with E-state index in [-0.39, 0.29) is 12.2 Å². The number of ketones is 1. The van der Waals surface area contributed by atoms with Crippen molar-refractivity contribution in [1.82, 2.24) is 19.9 Å². The molecule has 3 heterocycles. The van der Waals surface area contributed by atoms with Crippen molar-refractivity contribution in [3.63, 3.8) is 0 Å². The summed E-state index contributed by atoms with van der Waals surface area (Å²) in [5, 5.41) is 0. The molecular formula is C21H23N5O3. The summed E-state index contributed by atoms with van der Waals surface area (Å²) < 4.78 is 11.3. The first-order valence-corrected chi connectivity index (χ1v) is 9.61. The van der Waals surface area contributed by atoms with Crippen molar-refractivity contribution in [2.75, 3.05) is 37.8 Å². The normalized spacial score (nSPS) is 14.9. The van der Waals surface area contributed by atoms with Crippen LogP contribution in [0.4, 0.5) is 5.82 Å². The fourth-order valence-electron chi connectivity index (χ4n) is 3.10. The Morgan fingerprint density at radius 1 is 1.24 bits per heavy atom. The maximum atomic E-state index is 12.4. The van der Waals surface area contributed by atoms with E-state index in [1.165, 1.54) is 0 Å². The molecule has 0 radical (unpaired) electrons. The lowest BCUT2D eigenvalue weighted by Crippen LogP contribution is -2.37. The van der Waals surface area contributed by atoms with Crippen LogP contribution in [0.5, 0.6) is 5.88 Å². The molecule has 1 aromatic carbocycles. The Bertz CT molecular complexity index is 991. The third-order valence-corrected chi connectivity index (χ3v) is 4.68. The summed E-state index contributed by atoms with van der Waals surface area (Å²) in [4.78, 5) is 30.7. The molecule has 8 nitrogen and oxygen atoms in total. The molecule has 2 aromatic heterocycles. The van der Waals surface area contributed by atoms with Crippen molar-refractivity contribution in [1.29, 1.82) is 0 Å². The Kier molecular flexibility index (Phi) is 5.81. The molecule has 1 aliphatic rings. The SMILES string of the molecule is CC(=CCC(=O)c1nc2ccccc2[nH]1)COc1nccnc1N1CCOCC1. The number of H-pyrrole nitrogens is 1. The minimum absolute atomic E-state index is 0.0611. The summed E-state index contributed by atoms with van der Waals surface area (Å²) in [6.07, 6.45) is 5.39. The van der Waals surface area contributed by atoms with Gasteiger partial charge >= 0.3 is 0 Å². The second-order valence-electron chi connectivity index (χ2n) is 6.85. The van der Waals surface area contributed by atoms with Gasteiger partial charge in [0.1, 0.15) is 6.61 Å². The lowest BCUT2D eigenvalue weighted by atomic mass is 10.2. The van der Waals surface area contributed by atoms with E-state index in [4.69, 9.17) is 9.47 Å². The Labute approximate surface area is 168 Å². The summed E-state index contributed by atoms with van der Waals surface area (Å²) in [5.74, 6) is 1.53. The number of fused-ring (bicyclic) bond motifs is 1. The molecule has 0 atom stereocenters. The fourth-order valence-corrected chi connectivity index (χ4v) is 3.10. The number of benzene rings is 1. The number of hydrogen-bond acceptors (Lipinski definition) is 7. The average molecular weight is 393 g/mol. The molecule has 29 heavy (non-hydrogen) atoms. The van der Waals surface area contributed by atoms with Crippen molar-refractivity contribution >= 4 is 22.6 Å². The zero-order chi connectivity index (χ0) is 20.1. The van der Waals surface area contributed by atoms with Gasteiger partial charge in [0.15, 0.2) is 11.6 Å². The molecule has 4 rings (SSSR count). The number of nitrogens with one attached hydrogen (secondary N) is 1. The first-order valence-electron chi connectivity index (χ1n) is 9.61. The number of imidazole rings is 1. The molecule has 0 aliphatic carbocycles. The minimum Gasteiger partial charge on any atom is -0.471 e. The predicted octanol–water partition coefficient (Wildman–Crippen LogP) is 2.79. The highest BCUT2D eigenvalue weighted by Gasteiger charge is 2.18. The summed E-state index contributed by atoms with van der Waals surface area (Å²) in [6.45, 7) is 5.11. The molecule has 0 saturated carbocycles. The van der Waals surface area contributed by atoms with Gasteiger partial charge in [-0.05, 0) is 24.6 Å². The molecule has 0 spiro atoms. The van der Waals surface area contributed by atoms with Crippen molar-refractivity contribution in [2.24, 2.45) is 0 Å². The van der Waals surface area contributed by atoms with Crippen molar-refractivity contribution in [2.45, 2.75) is 13.3 Å². The van der Waals surface area contributed by atoms with Crippen molar-refractivity contribution < 1.29 is 14.3 Å². The molecule has 3 aromatic rings. The second kappa shape index (κ2) is 8.83. The van der Waals surface area contributed by atoms with E-state index in [9.17, 15) is 4.79 Å². The molecule has 0 amide bonds. The summed E-state index contributed by atoms with van der Waals surface area (Å²) in [5.41, 5.74) is 2.59. The van der Waals surface area contributed by atoms with Gasteiger partial charge in [0.2, 0.25) is 5.78 Å². The van der Waals surface area contributed by atoms with Crippen LogP contribution in [0, 0.1) is 0 Å². The van der Waals surface area contributed by atoms with Gasteiger partial charge in [-0.25, -0.2) is 15.0 Å². The number of allylic oxidation sites excluding steroid dienone is 1. The summed E-state index contributed by atoms with van der Waals surface area (Å²) in [7, 11) is 0. The third kappa shape index (κ3) is 4.60. The van der Waals surface area contributed by atoms with Crippen molar-refractivity contribution in [3.05, 3.63) is 54.1 Å². The van der Waals surface area contributed by atoms with Crippen LogP contribution in [0.1, 0.15) is 24.0 Å². The first-order chi connectivity index (χ1) is 14.2. The molecule has 1 aliphatic heterocycles. The van der Waals surface area contributed by atoms with Gasteiger partial charge in [0.25, 0.3) is 5.88 Å². The zero-order valence-electron chi connectivity index (χ0n) is 16.3. The number of para-hydroxylation sites is 2. The van der Waals surface area contributed by atoms with Gasteiger partial charge in [-0.15, -0.1) is 0 Å². The Morgan fingerprint density at radius 2 is 2.03 bits per heavy atom. The average Bonchev–Trinajstić information content (AvgIpc) is 3.21. The van der Waals surface area contributed by atoms with Crippen molar-refractivity contribution in [3.8, 4) is 5.88 Å². The number of rotatable bonds is 7. The van der Waals surface area contributed by atoms with Gasteiger partial charge in [-0.2, -0.15) is 0 Å². The van der Waals surface area contributed by atoms with Gasteiger partial charge < -0.3 is 19.4 Å². The molecule has 150 valence electrons. The summed E-state index contributed by atoms with van der Waals surface area (Å²) >= 11 is 0. The van der Waals surface area contributed by atoms with Gasteiger partial charge in [-0.3, -0.25) is 4.79 Å².